The van der Waals surface area contributed by atoms with Gasteiger partial charge in [-0.1, -0.05) is 37.7 Å². The van der Waals surface area contributed by atoms with Crippen molar-refractivity contribution in [2.24, 2.45) is 5.92 Å². The molecular formula is C17H23NO2S. The summed E-state index contributed by atoms with van der Waals surface area (Å²) in [5.74, 6) is 1.63. The van der Waals surface area contributed by atoms with E-state index in [2.05, 4.69) is 32.0 Å². The summed E-state index contributed by atoms with van der Waals surface area (Å²) in [6, 6.07) is 6.36. The first-order valence-corrected chi connectivity index (χ1v) is 8.41. The van der Waals surface area contributed by atoms with E-state index >= 15 is 0 Å². The fraction of sp³-hybridized carbons (Fsp3) is 0.529. The lowest BCUT2D eigenvalue weighted by Crippen LogP contribution is -2.25. The smallest absolute Gasteiger partial charge is 0.227 e. The molecule has 1 heterocycles. The van der Waals surface area contributed by atoms with E-state index in [0.717, 1.165) is 23.5 Å². The molecule has 1 fully saturated rings. The van der Waals surface area contributed by atoms with E-state index < -0.39 is 0 Å². The Labute approximate surface area is 131 Å². The largest absolute Gasteiger partial charge is 0.312 e. The average molecular weight is 305 g/mol. The molecule has 0 saturated carbocycles. The van der Waals surface area contributed by atoms with E-state index in [4.69, 9.17) is 0 Å². The van der Waals surface area contributed by atoms with Crippen LogP contribution in [0.3, 0.4) is 0 Å². The second kappa shape index (κ2) is 6.65. The van der Waals surface area contributed by atoms with Crippen molar-refractivity contribution in [1.29, 1.82) is 0 Å². The van der Waals surface area contributed by atoms with Crippen molar-refractivity contribution >= 4 is 28.5 Å². The Morgan fingerprint density at radius 2 is 2.14 bits per heavy atom. The highest BCUT2D eigenvalue weighted by molar-refractivity contribution is 8.13. The number of hydrogen-bond donors (Lipinski definition) is 0. The SMILES string of the molecule is CC(=O)SCC1CC(=O)N(c2cc(C(C)C)ccc2C)C1. The molecule has 1 atom stereocenters. The number of rotatable bonds is 4. The molecule has 21 heavy (non-hydrogen) atoms. The maximum atomic E-state index is 12.3. The number of nitrogens with zero attached hydrogens (tertiary/aromatic N) is 1. The van der Waals surface area contributed by atoms with Gasteiger partial charge >= 0.3 is 0 Å². The van der Waals surface area contributed by atoms with Crippen molar-refractivity contribution in [3.8, 4) is 0 Å². The van der Waals surface area contributed by atoms with Gasteiger partial charge in [0.05, 0.1) is 0 Å². The normalized spacial score (nSPS) is 18.6. The minimum absolute atomic E-state index is 0.124. The number of anilines is 1. The Kier molecular flexibility index (Phi) is 5.09. The van der Waals surface area contributed by atoms with Crippen LogP contribution >= 0.6 is 11.8 Å². The lowest BCUT2D eigenvalue weighted by molar-refractivity contribution is -0.117. The molecule has 2 rings (SSSR count). The second-order valence-electron chi connectivity index (χ2n) is 6.08. The highest BCUT2D eigenvalue weighted by Gasteiger charge is 2.31. The second-order valence-corrected chi connectivity index (χ2v) is 7.27. The quantitative estimate of drug-likeness (QED) is 0.850. The molecule has 0 aromatic heterocycles. The molecular weight excluding hydrogens is 282 g/mol. The molecule has 0 aliphatic carbocycles. The first-order chi connectivity index (χ1) is 9.88. The maximum Gasteiger partial charge on any atom is 0.227 e. The summed E-state index contributed by atoms with van der Waals surface area (Å²) in [5.41, 5.74) is 3.42. The van der Waals surface area contributed by atoms with Gasteiger partial charge in [0.2, 0.25) is 5.91 Å². The molecule has 1 aromatic rings. The molecule has 0 bridgehead atoms. The third kappa shape index (κ3) is 3.88. The third-order valence-corrected chi connectivity index (χ3v) is 4.96. The monoisotopic (exact) mass is 305 g/mol. The van der Waals surface area contributed by atoms with Crippen LogP contribution in [0, 0.1) is 12.8 Å². The first kappa shape index (κ1) is 16.1. The van der Waals surface area contributed by atoms with Crippen LogP contribution in [0.4, 0.5) is 5.69 Å². The number of aryl methyl sites for hydroxylation is 1. The van der Waals surface area contributed by atoms with Crippen molar-refractivity contribution < 1.29 is 9.59 Å². The van der Waals surface area contributed by atoms with Gasteiger partial charge in [0.25, 0.3) is 0 Å². The Morgan fingerprint density at radius 1 is 1.43 bits per heavy atom. The van der Waals surface area contributed by atoms with Crippen LogP contribution in [0.1, 0.15) is 44.2 Å². The van der Waals surface area contributed by atoms with E-state index in [1.54, 1.807) is 6.92 Å². The molecule has 3 nitrogen and oxygen atoms in total. The molecule has 1 saturated heterocycles. The Bertz CT molecular complexity index is 554. The molecule has 114 valence electrons. The lowest BCUT2D eigenvalue weighted by atomic mass is 10.0. The van der Waals surface area contributed by atoms with E-state index in [0.29, 0.717) is 12.3 Å². The molecule has 1 aliphatic heterocycles. The van der Waals surface area contributed by atoms with Gasteiger partial charge in [0.1, 0.15) is 0 Å². The zero-order chi connectivity index (χ0) is 15.6. The maximum absolute atomic E-state index is 12.3. The van der Waals surface area contributed by atoms with E-state index in [1.165, 1.54) is 17.3 Å². The van der Waals surface area contributed by atoms with Crippen LogP contribution in [0.5, 0.6) is 0 Å². The van der Waals surface area contributed by atoms with Crippen molar-refractivity contribution in [3.63, 3.8) is 0 Å². The summed E-state index contributed by atoms with van der Waals surface area (Å²) < 4.78 is 0. The van der Waals surface area contributed by atoms with E-state index in [9.17, 15) is 9.59 Å². The minimum atomic E-state index is 0.124. The van der Waals surface area contributed by atoms with E-state index in [1.807, 2.05) is 11.8 Å². The molecule has 0 N–H and O–H groups in total. The summed E-state index contributed by atoms with van der Waals surface area (Å²) in [7, 11) is 0. The molecule has 1 aromatic carbocycles. The van der Waals surface area contributed by atoms with Crippen LogP contribution in [0.15, 0.2) is 18.2 Å². The van der Waals surface area contributed by atoms with Crippen molar-refractivity contribution in [3.05, 3.63) is 29.3 Å². The summed E-state index contributed by atoms with van der Waals surface area (Å²) in [6.45, 7) is 8.67. The predicted molar refractivity (Wildman–Crippen MR) is 88.9 cm³/mol. The van der Waals surface area contributed by atoms with Crippen LogP contribution in [0.25, 0.3) is 0 Å². The fourth-order valence-electron chi connectivity index (χ4n) is 2.64. The summed E-state index contributed by atoms with van der Waals surface area (Å²) in [5, 5.41) is 0.124. The van der Waals surface area contributed by atoms with Crippen molar-refractivity contribution in [1.82, 2.24) is 0 Å². The molecule has 1 unspecified atom stereocenters. The summed E-state index contributed by atoms with van der Waals surface area (Å²) >= 11 is 1.32. The van der Waals surface area contributed by atoms with Gasteiger partial charge in [-0.15, -0.1) is 0 Å². The van der Waals surface area contributed by atoms with Gasteiger partial charge in [-0.25, -0.2) is 0 Å². The van der Waals surface area contributed by atoms with Gasteiger partial charge in [-0.2, -0.15) is 0 Å². The summed E-state index contributed by atoms with van der Waals surface area (Å²) in [4.78, 5) is 25.3. The van der Waals surface area contributed by atoms with Gasteiger partial charge in [-0.05, 0) is 36.0 Å². The highest BCUT2D eigenvalue weighted by Crippen LogP contribution is 2.31. The van der Waals surface area contributed by atoms with Gasteiger partial charge in [-0.3, -0.25) is 9.59 Å². The Hall–Kier alpha value is -1.29. The number of thioether (sulfide) groups is 1. The molecule has 0 spiro atoms. The Balaban J connectivity index is 2.16. The molecule has 0 radical (unpaired) electrons. The zero-order valence-corrected chi connectivity index (χ0v) is 14.0. The molecule has 1 amide bonds. The topological polar surface area (TPSA) is 37.4 Å². The third-order valence-electron chi connectivity index (χ3n) is 3.92. The van der Waals surface area contributed by atoms with E-state index in [-0.39, 0.29) is 16.9 Å². The summed E-state index contributed by atoms with van der Waals surface area (Å²) in [6.07, 6.45) is 0.547. The predicted octanol–water partition coefficient (Wildman–Crippen LogP) is 3.75. The van der Waals surface area contributed by atoms with Crippen LogP contribution < -0.4 is 4.90 Å². The fourth-order valence-corrected chi connectivity index (χ4v) is 3.33. The minimum Gasteiger partial charge on any atom is -0.312 e. The number of amides is 1. The van der Waals surface area contributed by atoms with Gasteiger partial charge < -0.3 is 4.90 Å². The number of carbonyl (C=O) groups is 2. The molecule has 1 aliphatic rings. The zero-order valence-electron chi connectivity index (χ0n) is 13.2. The molecule has 4 heteroatoms. The standard InChI is InChI=1S/C17H23NO2S/c1-11(2)15-6-5-12(3)16(8-15)18-9-14(7-17(18)20)10-21-13(4)19/h5-6,8,11,14H,7,9-10H2,1-4H3. The van der Waals surface area contributed by atoms with Crippen molar-refractivity contribution in [2.45, 2.75) is 40.0 Å². The average Bonchev–Trinajstić information content (AvgIpc) is 2.78. The number of benzene rings is 1. The van der Waals surface area contributed by atoms with Crippen LogP contribution in [0.2, 0.25) is 0 Å². The number of hydrogen-bond acceptors (Lipinski definition) is 3. The Morgan fingerprint density at radius 3 is 2.76 bits per heavy atom. The number of carbonyl (C=O) groups excluding carboxylic acids is 2. The van der Waals surface area contributed by atoms with Gasteiger partial charge in [0.15, 0.2) is 5.12 Å². The first-order valence-electron chi connectivity index (χ1n) is 7.42. The van der Waals surface area contributed by atoms with Crippen LogP contribution in [-0.4, -0.2) is 23.3 Å². The highest BCUT2D eigenvalue weighted by atomic mass is 32.2. The van der Waals surface area contributed by atoms with Crippen molar-refractivity contribution in [2.75, 3.05) is 17.2 Å². The van der Waals surface area contributed by atoms with Crippen LogP contribution in [-0.2, 0) is 9.59 Å². The van der Waals surface area contributed by atoms with Gasteiger partial charge in [0, 0.05) is 31.3 Å². The lowest BCUT2D eigenvalue weighted by Gasteiger charge is -2.21.